The van der Waals surface area contributed by atoms with E-state index in [4.69, 9.17) is 0 Å². The summed E-state index contributed by atoms with van der Waals surface area (Å²) in [6, 6.07) is 10.2. The Labute approximate surface area is 194 Å². The van der Waals surface area contributed by atoms with Crippen LogP contribution in [0.15, 0.2) is 54.9 Å². The second-order valence-electron chi connectivity index (χ2n) is 7.75. The molecule has 33 heavy (non-hydrogen) atoms. The number of aryl methyl sites for hydroxylation is 1. The molecule has 170 valence electrons. The maximum atomic E-state index is 14.4. The predicted molar refractivity (Wildman–Crippen MR) is 123 cm³/mol. The fraction of sp³-hybridized carbons (Fsp3) is 0.217. The third kappa shape index (κ3) is 4.36. The summed E-state index contributed by atoms with van der Waals surface area (Å²) in [5, 5.41) is 7.05. The minimum Gasteiger partial charge on any atom is -0.349 e. The first-order valence-corrected chi connectivity index (χ1v) is 10.3. The van der Waals surface area contributed by atoms with Crippen molar-refractivity contribution in [2.45, 2.75) is 25.8 Å². The molecule has 1 fully saturated rings. The number of hydrogen-bond acceptors (Lipinski definition) is 5. The van der Waals surface area contributed by atoms with Crippen molar-refractivity contribution in [2.24, 2.45) is 0 Å². The number of hydrogen-bond donors (Lipinski definition) is 1. The highest BCUT2D eigenvalue weighted by molar-refractivity contribution is 6.04. The van der Waals surface area contributed by atoms with Gasteiger partial charge in [-0.05, 0) is 56.2 Å². The number of fused-ring (bicyclic) bond motifs is 1. The molecule has 1 atom stereocenters. The van der Waals surface area contributed by atoms with E-state index in [1.165, 1.54) is 12.3 Å². The van der Waals surface area contributed by atoms with Gasteiger partial charge in [-0.15, -0.1) is 12.4 Å². The average Bonchev–Trinajstić information content (AvgIpc) is 3.42. The lowest BCUT2D eigenvalue weighted by atomic mass is 10.0. The number of halogens is 3. The zero-order valence-corrected chi connectivity index (χ0v) is 18.5. The van der Waals surface area contributed by atoms with E-state index in [2.05, 4.69) is 20.4 Å². The lowest BCUT2D eigenvalue weighted by Gasteiger charge is -2.26. The zero-order valence-electron chi connectivity index (χ0n) is 17.7. The van der Waals surface area contributed by atoms with Crippen molar-refractivity contribution in [3.63, 3.8) is 0 Å². The summed E-state index contributed by atoms with van der Waals surface area (Å²) in [6.07, 6.45) is 4.77. The van der Waals surface area contributed by atoms with Gasteiger partial charge in [0.2, 0.25) is 0 Å². The Balaban J connectivity index is 0.00000259. The monoisotopic (exact) mass is 470 g/mol. The summed E-state index contributed by atoms with van der Waals surface area (Å²) in [5.74, 6) is -0.667. The van der Waals surface area contributed by atoms with Gasteiger partial charge < -0.3 is 10.2 Å². The van der Waals surface area contributed by atoms with Crippen molar-refractivity contribution in [3.05, 3.63) is 83.4 Å². The lowest BCUT2D eigenvalue weighted by Crippen LogP contribution is -2.24. The second kappa shape index (κ2) is 9.11. The van der Waals surface area contributed by atoms with E-state index in [-0.39, 0.29) is 24.4 Å². The summed E-state index contributed by atoms with van der Waals surface area (Å²) >= 11 is 0. The highest BCUT2D eigenvalue weighted by Gasteiger charge is 2.30. The first kappa shape index (κ1) is 22.6. The van der Waals surface area contributed by atoms with Gasteiger partial charge >= 0.3 is 0 Å². The Kier molecular flexibility index (Phi) is 6.24. The number of nitrogens with one attached hydrogen (secondary N) is 1. The van der Waals surface area contributed by atoms with Crippen LogP contribution >= 0.6 is 12.4 Å². The van der Waals surface area contributed by atoms with Gasteiger partial charge in [-0.25, -0.2) is 23.3 Å². The van der Waals surface area contributed by atoms with E-state index in [1.807, 2.05) is 17.9 Å². The van der Waals surface area contributed by atoms with E-state index in [0.717, 1.165) is 24.2 Å². The molecule has 3 aromatic heterocycles. The van der Waals surface area contributed by atoms with E-state index in [9.17, 15) is 13.6 Å². The van der Waals surface area contributed by atoms with Crippen molar-refractivity contribution >= 4 is 35.5 Å². The minimum atomic E-state index is -0.470. The Morgan fingerprint density at radius 1 is 1.15 bits per heavy atom. The molecule has 4 heterocycles. The molecule has 0 aliphatic carbocycles. The molecule has 1 aliphatic heterocycles. The minimum absolute atomic E-state index is 0. The van der Waals surface area contributed by atoms with Crippen LogP contribution in [0.25, 0.3) is 5.65 Å². The lowest BCUT2D eigenvalue weighted by molar-refractivity contribution is 0.102. The average molecular weight is 471 g/mol. The number of rotatable bonds is 4. The number of anilines is 2. The van der Waals surface area contributed by atoms with Gasteiger partial charge in [-0.1, -0.05) is 6.07 Å². The van der Waals surface area contributed by atoms with Crippen LogP contribution in [0.4, 0.5) is 20.3 Å². The molecule has 1 aromatic carbocycles. The number of carbonyl (C=O) groups excluding carboxylic acids is 1. The Bertz CT molecular complexity index is 1330. The molecule has 1 saturated heterocycles. The van der Waals surface area contributed by atoms with Gasteiger partial charge in [0.15, 0.2) is 5.65 Å². The number of benzene rings is 1. The summed E-state index contributed by atoms with van der Waals surface area (Å²) in [7, 11) is 0. The van der Waals surface area contributed by atoms with Gasteiger partial charge in [-0.3, -0.25) is 4.79 Å². The molecule has 0 saturated carbocycles. The Hall–Kier alpha value is -3.59. The Morgan fingerprint density at radius 2 is 2.00 bits per heavy atom. The van der Waals surface area contributed by atoms with Crippen LogP contribution in [-0.4, -0.2) is 32.0 Å². The molecule has 1 aliphatic rings. The number of aromatic nitrogens is 4. The number of amides is 1. The maximum Gasteiger partial charge on any atom is 0.274 e. The van der Waals surface area contributed by atoms with Crippen molar-refractivity contribution in [2.75, 3.05) is 16.8 Å². The quantitative estimate of drug-likeness (QED) is 0.467. The summed E-state index contributed by atoms with van der Waals surface area (Å²) < 4.78 is 29.8. The third-order valence-electron chi connectivity index (χ3n) is 5.59. The van der Waals surface area contributed by atoms with Crippen LogP contribution in [-0.2, 0) is 0 Å². The van der Waals surface area contributed by atoms with Gasteiger partial charge in [0, 0.05) is 24.0 Å². The van der Waals surface area contributed by atoms with Gasteiger partial charge in [-0.2, -0.15) is 5.10 Å². The first-order valence-electron chi connectivity index (χ1n) is 10.3. The van der Waals surface area contributed by atoms with E-state index >= 15 is 0 Å². The molecule has 0 radical (unpaired) electrons. The molecule has 0 spiro atoms. The van der Waals surface area contributed by atoms with Crippen LogP contribution in [0.1, 0.15) is 40.6 Å². The van der Waals surface area contributed by atoms with Crippen molar-refractivity contribution in [1.29, 1.82) is 0 Å². The topological polar surface area (TPSA) is 75.4 Å². The molecule has 0 bridgehead atoms. The van der Waals surface area contributed by atoms with E-state index in [0.29, 0.717) is 41.4 Å². The number of carbonyl (C=O) groups is 1. The second-order valence-corrected chi connectivity index (χ2v) is 7.75. The van der Waals surface area contributed by atoms with Crippen molar-refractivity contribution < 1.29 is 13.6 Å². The molecule has 0 unspecified atom stereocenters. The van der Waals surface area contributed by atoms with Gasteiger partial charge in [0.05, 0.1) is 12.2 Å². The number of nitrogens with zero attached hydrogens (tertiary/aromatic N) is 5. The Morgan fingerprint density at radius 3 is 2.82 bits per heavy atom. The van der Waals surface area contributed by atoms with Gasteiger partial charge in [0.25, 0.3) is 5.91 Å². The highest BCUT2D eigenvalue weighted by Crippen LogP contribution is 2.37. The molecule has 10 heteroatoms. The van der Waals surface area contributed by atoms with Crippen LogP contribution in [0, 0.1) is 18.6 Å². The normalized spacial score (nSPS) is 15.5. The molecule has 4 aromatic rings. The van der Waals surface area contributed by atoms with Crippen molar-refractivity contribution in [3.8, 4) is 0 Å². The smallest absolute Gasteiger partial charge is 0.274 e. The standard InChI is InChI=1S/C23H20F2N6O.ClH/c1-14-4-2-5-18(27-14)23(32)28-19-13-26-31-11-9-21(29-22(19)31)30-10-3-6-20(30)16-12-15(24)7-8-17(16)25;/h2,4-5,7-9,11-13,20H,3,6,10H2,1H3,(H,28,32);1H/t20-;/m1./s1. The third-order valence-corrected chi connectivity index (χ3v) is 5.59. The van der Waals surface area contributed by atoms with Crippen LogP contribution in [0.5, 0.6) is 0 Å². The summed E-state index contributed by atoms with van der Waals surface area (Å²) in [6.45, 7) is 2.47. The van der Waals surface area contributed by atoms with Crippen molar-refractivity contribution in [1.82, 2.24) is 19.6 Å². The fourth-order valence-electron chi connectivity index (χ4n) is 4.10. The molecular formula is C23H21ClF2N6O. The summed E-state index contributed by atoms with van der Waals surface area (Å²) in [5.41, 5.74) is 2.24. The molecule has 1 amide bonds. The van der Waals surface area contributed by atoms with Gasteiger partial charge in [0.1, 0.15) is 28.8 Å². The van der Waals surface area contributed by atoms with E-state index in [1.54, 1.807) is 28.9 Å². The summed E-state index contributed by atoms with van der Waals surface area (Å²) in [4.78, 5) is 23.5. The predicted octanol–water partition coefficient (Wildman–Crippen LogP) is 4.73. The number of pyridine rings is 1. The fourth-order valence-corrected chi connectivity index (χ4v) is 4.10. The molecule has 5 rings (SSSR count). The van der Waals surface area contributed by atoms with E-state index < -0.39 is 11.6 Å². The van der Waals surface area contributed by atoms with Crippen LogP contribution in [0.3, 0.4) is 0 Å². The molecule has 1 N–H and O–H groups in total. The zero-order chi connectivity index (χ0) is 22.2. The molecular weight excluding hydrogens is 450 g/mol. The van der Waals surface area contributed by atoms with Crippen LogP contribution < -0.4 is 10.2 Å². The molecule has 7 nitrogen and oxygen atoms in total. The van der Waals surface area contributed by atoms with Crippen LogP contribution in [0.2, 0.25) is 0 Å². The maximum absolute atomic E-state index is 14.4. The first-order chi connectivity index (χ1) is 15.5. The highest BCUT2D eigenvalue weighted by atomic mass is 35.5. The largest absolute Gasteiger partial charge is 0.349 e. The SMILES string of the molecule is Cc1cccc(C(=O)Nc2cnn3ccc(N4CCC[C@@H]4c4cc(F)ccc4F)nc23)n1.Cl.